The molecule has 0 amide bonds. The van der Waals surface area contributed by atoms with Crippen LogP contribution in [-0.4, -0.2) is 6.04 Å². The van der Waals surface area contributed by atoms with Crippen LogP contribution in [0, 0.1) is 31.1 Å². The fourth-order valence-electron chi connectivity index (χ4n) is 2.98. The number of nitriles is 1. The summed E-state index contributed by atoms with van der Waals surface area (Å²) in [6.45, 7) is 6.13. The van der Waals surface area contributed by atoms with Crippen LogP contribution in [0.15, 0.2) is 10.5 Å². The number of nitrogens with one attached hydrogen (secondary N) is 1. The molecule has 1 aliphatic rings. The smallest absolute Gasteiger partial charge is 0.105 e. The Morgan fingerprint density at radius 3 is 2.72 bits per heavy atom. The van der Waals surface area contributed by atoms with Gasteiger partial charge in [0.15, 0.2) is 0 Å². The molecule has 1 heterocycles. The first-order valence-corrected chi connectivity index (χ1v) is 6.84. The van der Waals surface area contributed by atoms with Gasteiger partial charge in [-0.15, -0.1) is 0 Å². The summed E-state index contributed by atoms with van der Waals surface area (Å²) in [5, 5.41) is 12.8. The zero-order valence-corrected chi connectivity index (χ0v) is 11.5. The first kappa shape index (κ1) is 13.2. The maximum absolute atomic E-state index is 9.20. The number of furan rings is 1. The van der Waals surface area contributed by atoms with Crippen LogP contribution < -0.4 is 5.32 Å². The van der Waals surface area contributed by atoms with Gasteiger partial charge in [0.05, 0.1) is 12.0 Å². The highest BCUT2D eigenvalue weighted by Gasteiger charge is 2.27. The minimum atomic E-state index is 0.162. The van der Waals surface area contributed by atoms with E-state index in [0.717, 1.165) is 24.4 Å². The van der Waals surface area contributed by atoms with Gasteiger partial charge < -0.3 is 9.73 Å². The number of hydrogen-bond donors (Lipinski definition) is 1. The van der Waals surface area contributed by atoms with Crippen molar-refractivity contribution in [2.45, 2.75) is 58.5 Å². The maximum Gasteiger partial charge on any atom is 0.105 e. The van der Waals surface area contributed by atoms with Crippen LogP contribution in [0.1, 0.15) is 55.7 Å². The lowest BCUT2D eigenvalue weighted by Gasteiger charge is -2.30. The van der Waals surface area contributed by atoms with E-state index in [1.165, 1.54) is 18.4 Å². The molecule has 2 rings (SSSR count). The Bertz CT molecular complexity index is 444. The van der Waals surface area contributed by atoms with Gasteiger partial charge in [-0.2, -0.15) is 5.26 Å². The molecule has 3 nitrogen and oxygen atoms in total. The van der Waals surface area contributed by atoms with Gasteiger partial charge in [0.25, 0.3) is 0 Å². The molecule has 1 aromatic heterocycles. The quantitative estimate of drug-likeness (QED) is 0.886. The molecule has 3 atom stereocenters. The first-order chi connectivity index (χ1) is 8.61. The summed E-state index contributed by atoms with van der Waals surface area (Å²) >= 11 is 0. The van der Waals surface area contributed by atoms with Crippen molar-refractivity contribution in [3.05, 3.63) is 23.2 Å². The zero-order valence-electron chi connectivity index (χ0n) is 11.5. The minimum Gasteiger partial charge on any atom is -0.466 e. The first-order valence-electron chi connectivity index (χ1n) is 6.84. The maximum atomic E-state index is 9.20. The molecule has 0 saturated heterocycles. The fraction of sp³-hybridized carbons (Fsp3) is 0.667. The van der Waals surface area contributed by atoms with Crippen LogP contribution in [-0.2, 0) is 0 Å². The summed E-state index contributed by atoms with van der Waals surface area (Å²) in [6, 6.07) is 5.12. The Morgan fingerprint density at radius 1 is 1.39 bits per heavy atom. The van der Waals surface area contributed by atoms with E-state index in [9.17, 15) is 5.26 Å². The van der Waals surface area contributed by atoms with E-state index in [-0.39, 0.29) is 12.0 Å². The van der Waals surface area contributed by atoms with Crippen molar-refractivity contribution in [2.24, 2.45) is 5.92 Å². The van der Waals surface area contributed by atoms with Gasteiger partial charge in [0.2, 0.25) is 0 Å². The van der Waals surface area contributed by atoms with E-state index in [4.69, 9.17) is 4.42 Å². The predicted molar refractivity (Wildman–Crippen MR) is 71.1 cm³/mol. The van der Waals surface area contributed by atoms with Crippen LogP contribution >= 0.6 is 0 Å². The monoisotopic (exact) mass is 246 g/mol. The highest BCUT2D eigenvalue weighted by Crippen LogP contribution is 2.28. The molecule has 1 aliphatic carbocycles. The Morgan fingerprint density at radius 2 is 2.11 bits per heavy atom. The zero-order chi connectivity index (χ0) is 13.1. The summed E-state index contributed by atoms with van der Waals surface area (Å²) in [5.74, 6) is 2.10. The van der Waals surface area contributed by atoms with Gasteiger partial charge >= 0.3 is 0 Å². The molecule has 1 N–H and O–H groups in total. The summed E-state index contributed by atoms with van der Waals surface area (Å²) in [7, 11) is 0. The van der Waals surface area contributed by atoms with Crippen molar-refractivity contribution >= 4 is 0 Å². The normalized spacial score (nSPS) is 25.7. The van der Waals surface area contributed by atoms with Crippen LogP contribution in [0.4, 0.5) is 0 Å². The second kappa shape index (κ2) is 5.58. The topological polar surface area (TPSA) is 49.0 Å². The SMILES string of the molecule is Cc1cc(C(C)NC2CCCCC2C#N)c(C)o1. The van der Waals surface area contributed by atoms with E-state index in [2.05, 4.69) is 24.4 Å². The second-order valence-electron chi connectivity index (χ2n) is 5.38. The van der Waals surface area contributed by atoms with Crippen molar-refractivity contribution < 1.29 is 4.42 Å². The third kappa shape index (κ3) is 2.76. The predicted octanol–water partition coefficient (Wildman–Crippen LogP) is 3.63. The van der Waals surface area contributed by atoms with E-state index < -0.39 is 0 Å². The average Bonchev–Trinajstić information content (AvgIpc) is 2.69. The van der Waals surface area contributed by atoms with Crippen molar-refractivity contribution in [2.75, 3.05) is 0 Å². The molecule has 1 fully saturated rings. The van der Waals surface area contributed by atoms with Gasteiger partial charge in [0, 0.05) is 17.6 Å². The standard InChI is InChI=1S/C15H22N2O/c1-10-8-14(12(3)18-10)11(2)17-15-7-5-4-6-13(15)9-16/h8,11,13,15,17H,4-7H2,1-3H3. The largest absolute Gasteiger partial charge is 0.466 e. The number of aryl methyl sites for hydroxylation is 2. The van der Waals surface area contributed by atoms with Crippen LogP contribution in [0.5, 0.6) is 0 Å². The molecule has 1 saturated carbocycles. The fourth-order valence-corrected chi connectivity index (χ4v) is 2.98. The summed E-state index contributed by atoms with van der Waals surface area (Å²) in [6.07, 6.45) is 4.56. The summed E-state index contributed by atoms with van der Waals surface area (Å²) in [5.41, 5.74) is 1.22. The van der Waals surface area contributed by atoms with Gasteiger partial charge in [-0.05, 0) is 39.7 Å². The van der Waals surface area contributed by atoms with Crippen LogP contribution in [0.2, 0.25) is 0 Å². The third-order valence-corrected chi connectivity index (χ3v) is 3.94. The van der Waals surface area contributed by atoms with Crippen molar-refractivity contribution in [1.82, 2.24) is 5.32 Å². The molecule has 0 spiro atoms. The number of hydrogen-bond acceptors (Lipinski definition) is 3. The highest BCUT2D eigenvalue weighted by atomic mass is 16.3. The lowest BCUT2D eigenvalue weighted by Crippen LogP contribution is -2.39. The molecule has 0 bridgehead atoms. The van der Waals surface area contributed by atoms with Crippen LogP contribution in [0.25, 0.3) is 0 Å². The molecular weight excluding hydrogens is 224 g/mol. The average molecular weight is 246 g/mol. The number of nitrogens with zero attached hydrogens (tertiary/aromatic N) is 1. The van der Waals surface area contributed by atoms with Crippen molar-refractivity contribution in [3.63, 3.8) is 0 Å². The van der Waals surface area contributed by atoms with E-state index in [1.54, 1.807) is 0 Å². The molecule has 0 aliphatic heterocycles. The molecule has 0 radical (unpaired) electrons. The van der Waals surface area contributed by atoms with E-state index >= 15 is 0 Å². The van der Waals surface area contributed by atoms with Crippen molar-refractivity contribution in [1.29, 1.82) is 5.26 Å². The minimum absolute atomic E-state index is 0.162. The highest BCUT2D eigenvalue weighted by molar-refractivity contribution is 5.23. The van der Waals surface area contributed by atoms with Gasteiger partial charge in [-0.3, -0.25) is 0 Å². The van der Waals surface area contributed by atoms with Crippen LogP contribution in [0.3, 0.4) is 0 Å². The molecular formula is C15H22N2O. The van der Waals surface area contributed by atoms with E-state index in [0.29, 0.717) is 6.04 Å². The van der Waals surface area contributed by atoms with Gasteiger partial charge in [-0.25, -0.2) is 0 Å². The molecule has 0 aromatic carbocycles. The lowest BCUT2D eigenvalue weighted by molar-refractivity contribution is 0.291. The third-order valence-electron chi connectivity index (χ3n) is 3.94. The Kier molecular flexibility index (Phi) is 4.08. The van der Waals surface area contributed by atoms with Crippen molar-refractivity contribution in [3.8, 4) is 6.07 Å². The Balaban J connectivity index is 2.04. The second-order valence-corrected chi connectivity index (χ2v) is 5.38. The molecule has 18 heavy (non-hydrogen) atoms. The molecule has 98 valence electrons. The lowest BCUT2D eigenvalue weighted by atomic mass is 9.85. The van der Waals surface area contributed by atoms with E-state index in [1.807, 2.05) is 13.8 Å². The number of rotatable bonds is 3. The summed E-state index contributed by atoms with van der Waals surface area (Å²) in [4.78, 5) is 0. The Hall–Kier alpha value is -1.27. The summed E-state index contributed by atoms with van der Waals surface area (Å²) < 4.78 is 5.57. The molecule has 1 aromatic rings. The molecule has 3 unspecified atom stereocenters. The molecule has 3 heteroatoms. The van der Waals surface area contributed by atoms with Gasteiger partial charge in [0.1, 0.15) is 11.5 Å². The Labute approximate surface area is 109 Å². The van der Waals surface area contributed by atoms with Gasteiger partial charge in [-0.1, -0.05) is 12.8 Å².